The van der Waals surface area contributed by atoms with Crippen LogP contribution in [0.4, 0.5) is 9.59 Å². The molecule has 13 rings (SSSR count). The second-order valence-corrected chi connectivity index (χ2v) is 28.6. The minimum absolute atomic E-state index is 0. The fourth-order valence-electron chi connectivity index (χ4n) is 18.0. The Balaban J connectivity index is 0.000000229. The van der Waals surface area contributed by atoms with Crippen LogP contribution in [0.3, 0.4) is 0 Å². The number of rotatable bonds is 12. The third kappa shape index (κ3) is 14.6. The van der Waals surface area contributed by atoms with Crippen LogP contribution < -0.4 is 29.5 Å². The Kier molecular flexibility index (Phi) is 20.4. The Bertz CT molecular complexity index is 2410. The summed E-state index contributed by atoms with van der Waals surface area (Å²) in [7, 11) is 1.49. The molecule has 79 heavy (non-hydrogen) atoms. The number of ketones is 2. The van der Waals surface area contributed by atoms with E-state index in [1.807, 2.05) is 47.6 Å². The van der Waals surface area contributed by atoms with E-state index in [1.54, 1.807) is 0 Å². The number of carbonyl (C=O) groups excluding carboxylic acids is 5. The first-order chi connectivity index (χ1) is 36.5. The van der Waals surface area contributed by atoms with E-state index < -0.39 is 22.0 Å². The van der Waals surface area contributed by atoms with E-state index in [1.165, 1.54) is 31.1 Å². The molecule has 10 saturated carbocycles. The smallest absolute Gasteiger partial charge is 1.00 e. The van der Waals surface area contributed by atoms with Gasteiger partial charge in [0.05, 0.1) is 12.5 Å². The second-order valence-electron chi connectivity index (χ2n) is 28.6. The van der Waals surface area contributed by atoms with Crippen LogP contribution in [0.5, 0.6) is 0 Å². The molecule has 2 aromatic carbocycles. The van der Waals surface area contributed by atoms with Crippen molar-refractivity contribution in [3.05, 3.63) is 71.8 Å². The van der Waals surface area contributed by atoms with Crippen molar-refractivity contribution in [2.75, 3.05) is 26.9 Å². The van der Waals surface area contributed by atoms with Gasteiger partial charge in [-0.15, -0.1) is 0 Å². The van der Waals surface area contributed by atoms with Gasteiger partial charge in [0.1, 0.15) is 22.8 Å². The summed E-state index contributed by atoms with van der Waals surface area (Å²) >= 11 is 0. The number of benzene rings is 2. The van der Waals surface area contributed by atoms with E-state index >= 15 is 0 Å². The van der Waals surface area contributed by atoms with Crippen LogP contribution >= 0.6 is 0 Å². The van der Waals surface area contributed by atoms with Crippen LogP contribution in [0.25, 0.3) is 0 Å². The number of aliphatic hydroxyl groups is 1. The van der Waals surface area contributed by atoms with Crippen LogP contribution in [-0.2, 0) is 44.2 Å². The van der Waals surface area contributed by atoms with Gasteiger partial charge in [0.25, 0.3) is 0 Å². The van der Waals surface area contributed by atoms with Gasteiger partial charge in [0, 0.05) is 55.6 Å². The molecule has 432 valence electrons. The quantitative estimate of drug-likeness (QED) is 0.106. The maximum atomic E-state index is 14.2. The molecule has 1 saturated heterocycles. The fraction of sp³-hybridized carbons (Fsp3) is 0.738. The van der Waals surface area contributed by atoms with Gasteiger partial charge in [-0.3, -0.25) is 14.4 Å². The summed E-state index contributed by atoms with van der Waals surface area (Å²) in [5.41, 5.74) is 0.200. The van der Waals surface area contributed by atoms with Crippen molar-refractivity contribution >= 4 is 47.1 Å². The predicted molar refractivity (Wildman–Crippen MR) is 308 cm³/mol. The van der Waals surface area contributed by atoms with E-state index in [4.69, 9.17) is 18.9 Å². The van der Waals surface area contributed by atoms with Gasteiger partial charge in [-0.1, -0.05) is 60.7 Å². The van der Waals surface area contributed by atoms with Gasteiger partial charge in [0.15, 0.2) is 17.4 Å². The zero-order chi connectivity index (χ0) is 54.9. The van der Waals surface area contributed by atoms with Gasteiger partial charge in [0.2, 0.25) is 0 Å². The molecule has 14 heteroatoms. The number of Topliss-reactive ketones (excluding diaryl/α,β-unsaturated/α-hetero) is 2. The molecule has 0 spiro atoms. The molecule has 8 bridgehead atoms. The third-order valence-corrected chi connectivity index (χ3v) is 20.1. The molecule has 0 radical (unpaired) electrons. The molecular formula is C65H98AlLiN2O10. The molecule has 8 atom stereocenters. The largest absolute Gasteiger partial charge is 1.00 e. The SMILES string of the molecule is C1CCOC1.CC(C)(C)OC(=O)NC1CCC(CC(=O)C23CC4CC(CO)(C2)CC(c2ccccc2)(C4)C3)CC1.COC(=O)C12CC3CC(C(=O)CC4CCC(NC(=O)OC(C)(C)C)CC4)(C1)CC(c1ccccc1)(C3)C2.[AlH3].[H-].[Li+]. The second kappa shape index (κ2) is 25.4. The van der Waals surface area contributed by atoms with E-state index in [0.29, 0.717) is 54.5 Å². The van der Waals surface area contributed by atoms with Crippen molar-refractivity contribution in [1.29, 1.82) is 0 Å². The fourth-order valence-corrected chi connectivity index (χ4v) is 18.0. The van der Waals surface area contributed by atoms with Crippen molar-refractivity contribution in [3.8, 4) is 0 Å². The molecule has 8 unspecified atom stereocenters. The van der Waals surface area contributed by atoms with Crippen molar-refractivity contribution in [3.63, 3.8) is 0 Å². The van der Waals surface area contributed by atoms with Gasteiger partial charge < -0.3 is 36.1 Å². The Morgan fingerprint density at radius 2 is 0.975 bits per heavy atom. The number of nitrogens with one attached hydrogen (secondary N) is 2. The van der Waals surface area contributed by atoms with Crippen molar-refractivity contribution in [1.82, 2.24) is 10.6 Å². The number of hydrogen-bond donors (Lipinski definition) is 3. The number of aliphatic hydroxyl groups excluding tert-OH is 1. The summed E-state index contributed by atoms with van der Waals surface area (Å²) in [5, 5.41) is 16.6. The van der Waals surface area contributed by atoms with Crippen LogP contribution in [0.1, 0.15) is 208 Å². The maximum Gasteiger partial charge on any atom is 1.00 e. The van der Waals surface area contributed by atoms with Gasteiger partial charge >= 0.3 is 37.0 Å². The molecule has 1 heterocycles. The molecule has 0 aromatic heterocycles. The monoisotopic (exact) mass is 1100 g/mol. The Morgan fingerprint density at radius 1 is 0.570 bits per heavy atom. The summed E-state index contributed by atoms with van der Waals surface area (Å²) in [6.07, 6.45) is 21.6. The number of methoxy groups -OCH3 is 1. The van der Waals surface area contributed by atoms with Crippen LogP contribution in [-0.4, -0.2) is 102 Å². The van der Waals surface area contributed by atoms with Crippen LogP contribution in [0.2, 0.25) is 0 Å². The van der Waals surface area contributed by atoms with Crippen molar-refractivity contribution in [2.45, 2.75) is 230 Å². The number of amides is 2. The molecule has 11 aliphatic rings. The van der Waals surface area contributed by atoms with Gasteiger partial charge in [-0.2, -0.15) is 0 Å². The standard InChI is InChI=1S/C31H43NO5.C30H43NO4.C4H8O.Al.Li.4H/c1-28(2,3)37-27(35)32-24-12-10-21(11-13-24)14-25(33)30-16-22-15-29(18-30,23-8-6-5-7-9-23)19-31(17-22,20-30)26(34)36-4;1-27(2,3)35-26(34)31-24-11-9-21(10-12-24)13-25(33)30-16-22-14-28(18-30,20-32)17-29(15-22,19-30)23-7-5-4-6-8-23;1-2-4-5-3-1;;;;;;/h5-9,21-22,24H,10-20H2,1-4H3,(H,32,35);4-8,21-22,24,32H,9-20H2,1-3H3,(H,31,34);1-4H2;;;;;;/q;;;;+1;;;;-1. The maximum absolute atomic E-state index is 14.2. The first kappa shape index (κ1) is 63.4. The normalized spacial score (nSPS) is 35.6. The molecule has 2 aromatic rings. The molecule has 10 aliphatic carbocycles. The minimum atomic E-state index is -0.547. The van der Waals surface area contributed by atoms with Crippen molar-refractivity contribution in [2.24, 2.45) is 45.3 Å². The zero-order valence-electron chi connectivity index (χ0n) is 50.0. The summed E-state index contributed by atoms with van der Waals surface area (Å²) in [4.78, 5) is 65.8. The van der Waals surface area contributed by atoms with Crippen LogP contribution in [0, 0.1) is 45.3 Å². The van der Waals surface area contributed by atoms with Crippen LogP contribution in [0.15, 0.2) is 60.7 Å². The van der Waals surface area contributed by atoms with Crippen molar-refractivity contribution < 1.29 is 68.3 Å². The number of ether oxygens (including phenoxy) is 4. The van der Waals surface area contributed by atoms with Gasteiger partial charge in [-0.05, 0) is 234 Å². The predicted octanol–water partition coefficient (Wildman–Crippen LogP) is 8.77. The molecule has 3 N–H and O–H groups in total. The number of carbonyl (C=O) groups is 5. The summed E-state index contributed by atoms with van der Waals surface area (Å²) in [6.45, 7) is 13.4. The average Bonchev–Trinajstić information content (AvgIpc) is 3.74. The minimum Gasteiger partial charge on any atom is -1.00 e. The first-order valence-electron chi connectivity index (χ1n) is 29.9. The summed E-state index contributed by atoms with van der Waals surface area (Å²) in [5.74, 6) is 2.33. The van der Waals surface area contributed by atoms with E-state index in [-0.39, 0.29) is 96.2 Å². The topological polar surface area (TPSA) is 167 Å². The summed E-state index contributed by atoms with van der Waals surface area (Å²) in [6, 6.07) is 21.6. The Morgan fingerprint density at radius 3 is 1.38 bits per heavy atom. The van der Waals surface area contributed by atoms with E-state index in [2.05, 4.69) is 65.2 Å². The zero-order valence-corrected chi connectivity index (χ0v) is 49.0. The third-order valence-electron chi connectivity index (χ3n) is 20.1. The number of alkyl carbamates (subject to hydrolysis) is 2. The first-order valence-corrected chi connectivity index (χ1v) is 29.9. The molecule has 11 fully saturated rings. The molecule has 2 amide bonds. The Hall–Kier alpha value is -3.16. The average molecular weight is 1100 g/mol. The number of esters is 1. The van der Waals surface area contributed by atoms with Gasteiger partial charge in [-0.25, -0.2) is 9.59 Å². The number of hydrogen-bond acceptors (Lipinski definition) is 10. The molecule has 12 nitrogen and oxygen atoms in total. The van der Waals surface area contributed by atoms with E-state index in [0.717, 1.165) is 135 Å². The molecule has 1 aliphatic heterocycles. The molecular weight excluding hydrogens is 1000 g/mol. The summed E-state index contributed by atoms with van der Waals surface area (Å²) < 4.78 is 21.1. The van der Waals surface area contributed by atoms with E-state index in [9.17, 15) is 29.1 Å². The Labute approximate surface area is 497 Å².